The van der Waals surface area contributed by atoms with Crippen molar-refractivity contribution >= 4 is 29.3 Å². The number of esters is 1. The molecule has 0 unspecified atom stereocenters. The van der Waals surface area contributed by atoms with E-state index in [1.54, 1.807) is 18.3 Å². The van der Waals surface area contributed by atoms with Gasteiger partial charge < -0.3 is 19.3 Å². The highest BCUT2D eigenvalue weighted by molar-refractivity contribution is 7.98. The van der Waals surface area contributed by atoms with Gasteiger partial charge in [-0.15, -0.1) is 11.8 Å². The fourth-order valence-electron chi connectivity index (χ4n) is 2.64. The molecule has 0 bridgehead atoms. The lowest BCUT2D eigenvalue weighted by Gasteiger charge is -2.10. The summed E-state index contributed by atoms with van der Waals surface area (Å²) in [6, 6.07) is 8.51. The Morgan fingerprint density at radius 3 is 2.59 bits per heavy atom. The predicted octanol–water partition coefficient (Wildman–Crippen LogP) is 4.38. The maximum absolute atomic E-state index is 12.5. The van der Waals surface area contributed by atoms with Crippen molar-refractivity contribution in [3.05, 3.63) is 65.2 Å². The second-order valence-corrected chi connectivity index (χ2v) is 7.44. The Balaban J connectivity index is 1.55. The Bertz CT molecular complexity index is 1070. The molecule has 2 aromatic heterocycles. The maximum Gasteiger partial charge on any atom is 0.387 e. The van der Waals surface area contributed by atoms with Crippen molar-refractivity contribution in [2.24, 2.45) is 0 Å². The van der Waals surface area contributed by atoms with Crippen molar-refractivity contribution in [2.75, 3.05) is 11.9 Å². The number of anilines is 1. The first-order valence-corrected chi connectivity index (χ1v) is 10.3. The molecule has 3 aromatic rings. The Morgan fingerprint density at radius 2 is 1.94 bits per heavy atom. The normalized spacial score (nSPS) is 10.8. The molecule has 0 fully saturated rings. The second-order valence-electron chi connectivity index (χ2n) is 6.47. The molecule has 3 rings (SSSR count). The lowest BCUT2D eigenvalue weighted by molar-refractivity contribution is -0.119. The molecular formula is C21H19F2N3O5S. The van der Waals surface area contributed by atoms with Crippen LogP contribution in [0, 0.1) is 13.8 Å². The molecule has 0 aliphatic heterocycles. The molecule has 0 aliphatic carbocycles. The van der Waals surface area contributed by atoms with E-state index in [0.29, 0.717) is 22.2 Å². The number of alkyl halides is 2. The smallest absolute Gasteiger partial charge is 0.387 e. The number of aromatic nitrogens is 2. The van der Waals surface area contributed by atoms with Gasteiger partial charge in [-0.3, -0.25) is 4.79 Å². The summed E-state index contributed by atoms with van der Waals surface area (Å²) in [6.07, 6.45) is 1.56. The van der Waals surface area contributed by atoms with Crippen molar-refractivity contribution in [1.82, 2.24) is 10.1 Å². The Morgan fingerprint density at radius 1 is 1.19 bits per heavy atom. The van der Waals surface area contributed by atoms with Crippen LogP contribution in [0.2, 0.25) is 0 Å². The molecular weight excluding hydrogens is 444 g/mol. The molecule has 11 heteroatoms. The van der Waals surface area contributed by atoms with Gasteiger partial charge in [0.15, 0.2) is 6.61 Å². The van der Waals surface area contributed by atoms with E-state index in [2.05, 4.69) is 20.2 Å². The Kier molecular flexibility index (Phi) is 7.77. The van der Waals surface area contributed by atoms with E-state index in [1.807, 2.05) is 13.8 Å². The lowest BCUT2D eigenvalue weighted by Crippen LogP contribution is -2.21. The highest BCUT2D eigenvalue weighted by Gasteiger charge is 2.18. The molecule has 1 aromatic carbocycles. The molecule has 1 N–H and O–H groups in total. The molecule has 0 saturated heterocycles. The number of amides is 1. The van der Waals surface area contributed by atoms with Crippen molar-refractivity contribution in [3.8, 4) is 5.75 Å². The third-order valence-electron chi connectivity index (χ3n) is 4.22. The van der Waals surface area contributed by atoms with Gasteiger partial charge in [0.25, 0.3) is 5.91 Å². The molecule has 168 valence electrons. The van der Waals surface area contributed by atoms with E-state index in [9.17, 15) is 18.4 Å². The topological polar surface area (TPSA) is 104 Å². The predicted molar refractivity (Wildman–Crippen MR) is 112 cm³/mol. The summed E-state index contributed by atoms with van der Waals surface area (Å²) in [5.74, 6) is -0.127. The zero-order valence-electron chi connectivity index (χ0n) is 17.1. The van der Waals surface area contributed by atoms with E-state index in [1.165, 1.54) is 36.0 Å². The van der Waals surface area contributed by atoms with E-state index in [-0.39, 0.29) is 11.3 Å². The van der Waals surface area contributed by atoms with Gasteiger partial charge in [0.2, 0.25) is 0 Å². The first kappa shape index (κ1) is 23.2. The molecule has 32 heavy (non-hydrogen) atoms. The number of ether oxygens (including phenoxy) is 2. The standard InChI is InChI=1S/C21H19F2N3O5S/c1-12-17(13(2)31-26-12)11-32-19-16(4-3-9-24-19)20(28)29-10-18(27)25-14-5-7-15(8-6-14)30-21(22)23/h3-9,21H,10-11H2,1-2H3,(H,25,27). The van der Waals surface area contributed by atoms with Gasteiger partial charge in [-0.1, -0.05) is 5.16 Å². The zero-order valence-corrected chi connectivity index (χ0v) is 17.9. The Labute approximate surface area is 186 Å². The molecule has 0 atom stereocenters. The number of carbonyl (C=O) groups is 2. The maximum atomic E-state index is 12.5. The van der Waals surface area contributed by atoms with E-state index < -0.39 is 25.1 Å². The molecule has 8 nitrogen and oxygen atoms in total. The summed E-state index contributed by atoms with van der Waals surface area (Å²) in [4.78, 5) is 28.8. The first-order valence-electron chi connectivity index (χ1n) is 9.35. The third-order valence-corrected chi connectivity index (χ3v) is 5.25. The lowest BCUT2D eigenvalue weighted by atomic mass is 10.2. The number of benzene rings is 1. The van der Waals surface area contributed by atoms with Crippen LogP contribution in [0.25, 0.3) is 0 Å². The number of nitrogens with one attached hydrogen (secondary N) is 1. The molecule has 0 saturated carbocycles. The average molecular weight is 463 g/mol. The minimum Gasteiger partial charge on any atom is -0.452 e. The summed E-state index contributed by atoms with van der Waals surface area (Å²) in [5.41, 5.74) is 2.25. The number of aryl methyl sites for hydroxylation is 2. The summed E-state index contributed by atoms with van der Waals surface area (Å²) in [6.45, 7) is 0.172. The van der Waals surface area contributed by atoms with Crippen LogP contribution in [0.1, 0.15) is 27.4 Å². The van der Waals surface area contributed by atoms with Crippen LogP contribution in [0.5, 0.6) is 5.75 Å². The average Bonchev–Trinajstić information content (AvgIpc) is 3.09. The number of hydrogen-bond donors (Lipinski definition) is 1. The van der Waals surface area contributed by atoms with Crippen LogP contribution in [0.3, 0.4) is 0 Å². The number of halogens is 2. The van der Waals surface area contributed by atoms with Crippen LogP contribution in [-0.4, -0.2) is 35.2 Å². The van der Waals surface area contributed by atoms with Crippen molar-refractivity contribution in [1.29, 1.82) is 0 Å². The fraction of sp³-hybridized carbons (Fsp3) is 0.238. The van der Waals surface area contributed by atoms with Crippen LogP contribution < -0.4 is 10.1 Å². The van der Waals surface area contributed by atoms with E-state index in [4.69, 9.17) is 9.26 Å². The number of hydrogen-bond acceptors (Lipinski definition) is 8. The summed E-state index contributed by atoms with van der Waals surface area (Å²) < 4.78 is 38.8. The van der Waals surface area contributed by atoms with Gasteiger partial charge in [-0.05, 0) is 50.2 Å². The van der Waals surface area contributed by atoms with Crippen LogP contribution in [0.4, 0.5) is 14.5 Å². The van der Waals surface area contributed by atoms with Crippen LogP contribution in [-0.2, 0) is 15.3 Å². The van der Waals surface area contributed by atoms with Crippen molar-refractivity contribution in [3.63, 3.8) is 0 Å². The molecule has 1 amide bonds. The fourth-order valence-corrected chi connectivity index (χ4v) is 3.77. The highest BCUT2D eigenvalue weighted by atomic mass is 32.2. The first-order chi connectivity index (χ1) is 15.3. The Hall–Kier alpha value is -3.47. The summed E-state index contributed by atoms with van der Waals surface area (Å²) >= 11 is 1.33. The number of thioether (sulfide) groups is 1. The number of carbonyl (C=O) groups excluding carboxylic acids is 2. The number of rotatable bonds is 9. The third kappa shape index (κ3) is 6.27. The number of pyridine rings is 1. The SMILES string of the molecule is Cc1noc(C)c1CSc1ncccc1C(=O)OCC(=O)Nc1ccc(OC(F)F)cc1. The van der Waals surface area contributed by atoms with Crippen LogP contribution in [0.15, 0.2) is 52.1 Å². The quantitative estimate of drug-likeness (QED) is 0.368. The van der Waals surface area contributed by atoms with Gasteiger partial charge in [0, 0.05) is 23.2 Å². The monoisotopic (exact) mass is 463 g/mol. The minimum atomic E-state index is -2.94. The minimum absolute atomic E-state index is 0.0392. The van der Waals surface area contributed by atoms with Gasteiger partial charge in [-0.2, -0.15) is 8.78 Å². The number of nitrogens with zero attached hydrogens (tertiary/aromatic N) is 2. The van der Waals surface area contributed by atoms with Gasteiger partial charge in [0.1, 0.15) is 16.5 Å². The second kappa shape index (κ2) is 10.7. The molecule has 0 radical (unpaired) electrons. The summed E-state index contributed by atoms with van der Waals surface area (Å²) in [7, 11) is 0. The van der Waals surface area contributed by atoms with Crippen molar-refractivity contribution < 1.29 is 32.4 Å². The van der Waals surface area contributed by atoms with Gasteiger partial charge in [-0.25, -0.2) is 9.78 Å². The molecule has 0 spiro atoms. The molecule has 2 heterocycles. The van der Waals surface area contributed by atoms with E-state index >= 15 is 0 Å². The van der Waals surface area contributed by atoms with Gasteiger partial charge >= 0.3 is 12.6 Å². The summed E-state index contributed by atoms with van der Waals surface area (Å²) in [5, 5.41) is 6.86. The van der Waals surface area contributed by atoms with Crippen molar-refractivity contribution in [2.45, 2.75) is 31.2 Å². The van der Waals surface area contributed by atoms with E-state index in [0.717, 1.165) is 11.3 Å². The largest absolute Gasteiger partial charge is 0.452 e. The highest BCUT2D eigenvalue weighted by Crippen LogP contribution is 2.27. The molecule has 0 aliphatic rings. The van der Waals surface area contributed by atoms with Gasteiger partial charge in [0.05, 0.1) is 11.3 Å². The zero-order chi connectivity index (χ0) is 23.1. The van der Waals surface area contributed by atoms with Crippen LogP contribution >= 0.6 is 11.8 Å².